The Kier molecular flexibility index (Phi) is 7.66. The molecule has 0 spiro atoms. The standard InChI is InChI=1S/C24H22N2.C2HF3O2/c1-2-23-24(21-13-7-4-8-14-21)25-18-26(23)17-19-10-9-15-22(16-19)20-11-5-3-6-12-20;3-2(4,5)1(6)7/h3-16,18H,2,17H2,1H3;(H,6,7). The lowest BCUT2D eigenvalue weighted by Crippen LogP contribution is -2.21. The normalized spacial score (nSPS) is 10.9. The second-order valence-electron chi connectivity index (χ2n) is 7.26. The van der Waals surface area contributed by atoms with Gasteiger partial charge in [-0.3, -0.25) is 0 Å². The summed E-state index contributed by atoms with van der Waals surface area (Å²) in [5.41, 5.74) is 7.35. The van der Waals surface area contributed by atoms with E-state index in [1.54, 1.807) is 0 Å². The van der Waals surface area contributed by atoms with Gasteiger partial charge in [0.2, 0.25) is 0 Å². The molecule has 4 aromatic rings. The van der Waals surface area contributed by atoms with Crippen molar-refractivity contribution in [2.24, 2.45) is 0 Å². The molecule has 170 valence electrons. The zero-order valence-electron chi connectivity index (χ0n) is 18.0. The van der Waals surface area contributed by atoms with E-state index in [-0.39, 0.29) is 0 Å². The summed E-state index contributed by atoms with van der Waals surface area (Å²) in [4.78, 5) is 13.6. The molecule has 0 saturated heterocycles. The van der Waals surface area contributed by atoms with Gasteiger partial charge in [-0.05, 0) is 29.2 Å². The Balaban J connectivity index is 0.000000383. The highest BCUT2D eigenvalue weighted by Gasteiger charge is 2.38. The molecule has 3 aromatic carbocycles. The lowest BCUT2D eigenvalue weighted by Gasteiger charge is -2.10. The fourth-order valence-corrected chi connectivity index (χ4v) is 3.43. The zero-order valence-corrected chi connectivity index (χ0v) is 18.0. The number of carboxylic acids is 1. The lowest BCUT2D eigenvalue weighted by atomic mass is 10.0. The van der Waals surface area contributed by atoms with E-state index >= 15 is 0 Å². The van der Waals surface area contributed by atoms with Crippen molar-refractivity contribution in [1.29, 1.82) is 0 Å². The molecular weight excluding hydrogens is 429 g/mol. The van der Waals surface area contributed by atoms with Crippen molar-refractivity contribution in [3.63, 3.8) is 0 Å². The number of hydrogen-bond donors (Lipinski definition) is 1. The number of hydrogen-bond acceptors (Lipinski definition) is 2. The molecule has 0 bridgehead atoms. The van der Waals surface area contributed by atoms with Crippen molar-refractivity contribution >= 4 is 5.97 Å². The van der Waals surface area contributed by atoms with E-state index in [4.69, 9.17) is 14.9 Å². The van der Waals surface area contributed by atoms with E-state index in [9.17, 15) is 13.2 Å². The predicted octanol–water partition coefficient (Wildman–Crippen LogP) is 6.46. The van der Waals surface area contributed by atoms with E-state index < -0.39 is 12.1 Å². The first-order valence-corrected chi connectivity index (χ1v) is 10.3. The Morgan fingerprint density at radius 2 is 1.42 bits per heavy atom. The summed E-state index contributed by atoms with van der Waals surface area (Å²) in [6.45, 7) is 3.03. The van der Waals surface area contributed by atoms with Gasteiger partial charge in [0.15, 0.2) is 0 Å². The first-order valence-electron chi connectivity index (χ1n) is 10.3. The van der Waals surface area contributed by atoms with Crippen LogP contribution in [0.3, 0.4) is 0 Å². The number of aromatic nitrogens is 2. The second kappa shape index (κ2) is 10.6. The maximum atomic E-state index is 10.6. The molecule has 0 aliphatic carbocycles. The summed E-state index contributed by atoms with van der Waals surface area (Å²) in [6, 6.07) is 29.7. The minimum Gasteiger partial charge on any atom is -0.475 e. The van der Waals surface area contributed by atoms with Crippen molar-refractivity contribution in [1.82, 2.24) is 9.55 Å². The van der Waals surface area contributed by atoms with E-state index in [0.717, 1.165) is 18.7 Å². The van der Waals surface area contributed by atoms with Gasteiger partial charge >= 0.3 is 12.1 Å². The Labute approximate surface area is 190 Å². The zero-order chi connectivity index (χ0) is 23.8. The average Bonchev–Trinajstić information content (AvgIpc) is 3.22. The summed E-state index contributed by atoms with van der Waals surface area (Å²) in [6.07, 6.45) is -2.15. The third-order valence-corrected chi connectivity index (χ3v) is 4.96. The van der Waals surface area contributed by atoms with Gasteiger partial charge in [0, 0.05) is 17.8 Å². The molecular formula is C26H23F3N2O2. The van der Waals surface area contributed by atoms with Crippen LogP contribution < -0.4 is 0 Å². The summed E-state index contributed by atoms with van der Waals surface area (Å²) < 4.78 is 34.0. The first kappa shape index (κ1) is 23.8. The summed E-state index contributed by atoms with van der Waals surface area (Å²) in [7, 11) is 0. The van der Waals surface area contributed by atoms with Gasteiger partial charge in [-0.25, -0.2) is 9.78 Å². The minimum absolute atomic E-state index is 0.837. The summed E-state index contributed by atoms with van der Waals surface area (Å²) >= 11 is 0. The summed E-state index contributed by atoms with van der Waals surface area (Å²) in [5.74, 6) is -2.76. The third kappa shape index (κ3) is 6.32. The van der Waals surface area contributed by atoms with E-state index in [1.165, 1.54) is 27.9 Å². The molecule has 4 nitrogen and oxygen atoms in total. The van der Waals surface area contributed by atoms with Crippen LogP contribution in [0.2, 0.25) is 0 Å². The number of rotatable bonds is 5. The number of benzene rings is 3. The van der Waals surface area contributed by atoms with Gasteiger partial charge < -0.3 is 9.67 Å². The average molecular weight is 452 g/mol. The third-order valence-electron chi connectivity index (χ3n) is 4.96. The van der Waals surface area contributed by atoms with Crippen LogP contribution in [-0.4, -0.2) is 26.8 Å². The summed E-state index contributed by atoms with van der Waals surface area (Å²) in [5, 5.41) is 7.12. The van der Waals surface area contributed by atoms with E-state index in [0.29, 0.717) is 0 Å². The number of halogens is 3. The SMILES string of the molecule is CCc1c(-c2ccccc2)ncn1Cc1cccc(-c2ccccc2)c1.O=C(O)C(F)(F)F. The fraction of sp³-hybridized carbons (Fsp3) is 0.154. The highest BCUT2D eigenvalue weighted by Crippen LogP contribution is 2.25. The molecule has 0 aliphatic heterocycles. The van der Waals surface area contributed by atoms with Crippen molar-refractivity contribution in [3.8, 4) is 22.4 Å². The van der Waals surface area contributed by atoms with E-state index in [1.807, 2.05) is 12.4 Å². The molecule has 1 N–H and O–H groups in total. The molecule has 0 saturated carbocycles. The maximum absolute atomic E-state index is 10.6. The van der Waals surface area contributed by atoms with Crippen molar-refractivity contribution in [2.75, 3.05) is 0 Å². The van der Waals surface area contributed by atoms with Crippen LogP contribution in [0.25, 0.3) is 22.4 Å². The first-order chi connectivity index (χ1) is 15.8. The Hall–Kier alpha value is -3.87. The van der Waals surface area contributed by atoms with Crippen LogP contribution in [-0.2, 0) is 17.8 Å². The Bertz CT molecular complexity index is 1190. The molecule has 1 heterocycles. The van der Waals surface area contributed by atoms with Gasteiger partial charge in [-0.15, -0.1) is 0 Å². The largest absolute Gasteiger partial charge is 0.490 e. The predicted molar refractivity (Wildman–Crippen MR) is 122 cm³/mol. The van der Waals surface area contributed by atoms with Crippen LogP contribution in [0.1, 0.15) is 18.2 Å². The monoisotopic (exact) mass is 452 g/mol. The number of carboxylic acid groups (broad SMARTS) is 1. The van der Waals surface area contributed by atoms with Crippen LogP contribution >= 0.6 is 0 Å². The quantitative estimate of drug-likeness (QED) is 0.378. The Morgan fingerprint density at radius 3 is 1.97 bits per heavy atom. The molecule has 0 fully saturated rings. The smallest absolute Gasteiger partial charge is 0.475 e. The van der Waals surface area contributed by atoms with Crippen LogP contribution in [0.15, 0.2) is 91.3 Å². The maximum Gasteiger partial charge on any atom is 0.490 e. The molecule has 0 unspecified atom stereocenters. The highest BCUT2D eigenvalue weighted by atomic mass is 19.4. The van der Waals surface area contributed by atoms with Gasteiger partial charge in [-0.1, -0.05) is 85.8 Å². The van der Waals surface area contributed by atoms with Gasteiger partial charge in [0.05, 0.1) is 12.0 Å². The van der Waals surface area contributed by atoms with Gasteiger partial charge in [0.25, 0.3) is 0 Å². The molecule has 33 heavy (non-hydrogen) atoms. The Morgan fingerprint density at radius 1 is 0.879 bits per heavy atom. The number of imidazole rings is 1. The molecule has 0 atom stereocenters. The van der Waals surface area contributed by atoms with Crippen molar-refractivity contribution in [2.45, 2.75) is 26.1 Å². The minimum atomic E-state index is -5.08. The lowest BCUT2D eigenvalue weighted by molar-refractivity contribution is -0.192. The van der Waals surface area contributed by atoms with E-state index in [2.05, 4.69) is 90.4 Å². The topological polar surface area (TPSA) is 55.1 Å². The molecule has 7 heteroatoms. The van der Waals surface area contributed by atoms with Crippen LogP contribution in [0.4, 0.5) is 13.2 Å². The highest BCUT2D eigenvalue weighted by molar-refractivity contribution is 5.73. The molecule has 0 radical (unpaired) electrons. The number of carbonyl (C=O) groups is 1. The number of alkyl halides is 3. The van der Waals surface area contributed by atoms with Gasteiger partial charge in [0.1, 0.15) is 0 Å². The number of nitrogens with zero attached hydrogens (tertiary/aromatic N) is 2. The number of aliphatic carboxylic acids is 1. The van der Waals surface area contributed by atoms with Crippen molar-refractivity contribution < 1.29 is 23.1 Å². The molecule has 0 aliphatic rings. The molecule has 0 amide bonds. The van der Waals surface area contributed by atoms with Crippen LogP contribution in [0.5, 0.6) is 0 Å². The fourth-order valence-electron chi connectivity index (χ4n) is 3.43. The van der Waals surface area contributed by atoms with Crippen molar-refractivity contribution in [3.05, 3.63) is 103 Å². The van der Waals surface area contributed by atoms with Gasteiger partial charge in [-0.2, -0.15) is 13.2 Å². The molecule has 1 aromatic heterocycles. The second-order valence-corrected chi connectivity index (χ2v) is 7.26. The van der Waals surface area contributed by atoms with Crippen LogP contribution in [0, 0.1) is 0 Å². The molecule has 4 rings (SSSR count).